The molecule has 0 bridgehead atoms. The Bertz CT molecular complexity index is 700. The summed E-state index contributed by atoms with van der Waals surface area (Å²) in [6.45, 7) is 1.31. The highest BCUT2D eigenvalue weighted by Crippen LogP contribution is 2.38. The predicted molar refractivity (Wildman–Crippen MR) is 93.5 cm³/mol. The van der Waals surface area contributed by atoms with Crippen molar-refractivity contribution in [2.24, 2.45) is 4.99 Å². The summed E-state index contributed by atoms with van der Waals surface area (Å²) in [7, 11) is 1.48. The fraction of sp³-hybridized carbons (Fsp3) is 0.214. The molecule has 0 aliphatic carbocycles. The Morgan fingerprint density at radius 2 is 2.18 bits per heavy atom. The van der Waals surface area contributed by atoms with Gasteiger partial charge in [-0.3, -0.25) is 9.59 Å². The zero-order valence-electron chi connectivity index (χ0n) is 12.0. The summed E-state index contributed by atoms with van der Waals surface area (Å²) in [6, 6.07) is 3.42. The fourth-order valence-electron chi connectivity index (χ4n) is 1.70. The van der Waals surface area contributed by atoms with Gasteiger partial charge in [0.2, 0.25) is 5.12 Å². The lowest BCUT2D eigenvalue weighted by atomic mass is 10.1. The van der Waals surface area contributed by atoms with Gasteiger partial charge in [0.15, 0.2) is 11.5 Å². The number of carbonyl (C=O) groups excluding carboxylic acids is 2. The topological polar surface area (TPSA) is 65.0 Å². The first-order valence-electron chi connectivity index (χ1n) is 6.07. The minimum atomic E-state index is -0.443. The number of methoxy groups -OCH3 is 1. The highest BCUT2D eigenvalue weighted by molar-refractivity contribution is 9.10. The molecule has 0 radical (unpaired) electrons. The second-order valence-electron chi connectivity index (χ2n) is 4.13. The van der Waals surface area contributed by atoms with Crippen LogP contribution >= 0.6 is 39.5 Å². The van der Waals surface area contributed by atoms with E-state index in [-0.39, 0.29) is 5.12 Å². The van der Waals surface area contributed by atoms with Gasteiger partial charge < -0.3 is 9.47 Å². The third-order valence-electron chi connectivity index (χ3n) is 2.58. The Balaban J connectivity index is 2.41. The molecule has 0 atom stereocenters. The van der Waals surface area contributed by atoms with E-state index in [2.05, 4.69) is 20.9 Å². The zero-order valence-corrected chi connectivity index (χ0v) is 15.2. The Morgan fingerprint density at radius 3 is 2.73 bits per heavy atom. The molecule has 2 rings (SSSR count). The average Bonchev–Trinajstić information content (AvgIpc) is 2.81. The first-order chi connectivity index (χ1) is 10.4. The molecule has 1 heterocycles. The molecule has 0 aromatic heterocycles. The molecule has 22 heavy (non-hydrogen) atoms. The molecule has 1 aliphatic heterocycles. The number of halogens is 1. The molecule has 116 valence electrons. The number of carbonyl (C=O) groups is 2. The number of esters is 1. The molecule has 0 saturated heterocycles. The van der Waals surface area contributed by atoms with Crippen LogP contribution in [0.4, 0.5) is 0 Å². The minimum absolute atomic E-state index is 0.0940. The molecule has 8 heteroatoms. The van der Waals surface area contributed by atoms with Crippen molar-refractivity contribution in [2.75, 3.05) is 13.4 Å². The van der Waals surface area contributed by atoms with Gasteiger partial charge in [-0.05, 0) is 57.7 Å². The van der Waals surface area contributed by atoms with Crippen molar-refractivity contribution in [2.45, 2.75) is 6.92 Å². The molecule has 0 spiro atoms. The van der Waals surface area contributed by atoms with Crippen LogP contribution < -0.4 is 9.47 Å². The average molecular weight is 402 g/mol. The molecule has 1 aromatic carbocycles. The predicted octanol–water partition coefficient (Wildman–Crippen LogP) is 3.72. The van der Waals surface area contributed by atoms with Gasteiger partial charge in [-0.15, -0.1) is 11.8 Å². The molecule has 0 amide bonds. The SMILES string of the molecule is COc1cc(/C=C2\N=C(SC)SC2=O)cc(Br)c1OC(C)=O. The largest absolute Gasteiger partial charge is 0.493 e. The normalized spacial score (nSPS) is 15.9. The van der Waals surface area contributed by atoms with Crippen LogP contribution in [0, 0.1) is 0 Å². The first-order valence-corrected chi connectivity index (χ1v) is 8.90. The van der Waals surface area contributed by atoms with Crippen LogP contribution in [0.25, 0.3) is 6.08 Å². The third-order valence-corrected chi connectivity index (χ3v) is 5.02. The van der Waals surface area contributed by atoms with Gasteiger partial charge in [-0.1, -0.05) is 0 Å². The molecular formula is C14H12BrNO4S2. The lowest BCUT2D eigenvalue weighted by Gasteiger charge is -2.11. The van der Waals surface area contributed by atoms with Gasteiger partial charge in [0, 0.05) is 6.92 Å². The Morgan fingerprint density at radius 1 is 1.45 bits per heavy atom. The van der Waals surface area contributed by atoms with Crippen molar-refractivity contribution < 1.29 is 19.1 Å². The van der Waals surface area contributed by atoms with E-state index in [0.717, 1.165) is 21.7 Å². The quantitative estimate of drug-likeness (QED) is 0.436. The molecule has 0 unspecified atom stereocenters. The number of ether oxygens (including phenoxy) is 2. The summed E-state index contributed by atoms with van der Waals surface area (Å²) < 4.78 is 11.6. The van der Waals surface area contributed by atoms with Crippen LogP contribution in [0.2, 0.25) is 0 Å². The fourth-order valence-corrected chi connectivity index (χ4v) is 3.50. The standard InChI is InChI=1S/C14H12BrNO4S2/c1-7(17)20-12-9(15)4-8(6-11(12)19-2)5-10-13(18)22-14(16-10)21-3/h4-6H,1-3H3/b10-5-. The maximum Gasteiger partial charge on any atom is 0.308 e. The monoisotopic (exact) mass is 401 g/mol. The van der Waals surface area contributed by atoms with Crippen molar-refractivity contribution in [1.82, 2.24) is 0 Å². The van der Waals surface area contributed by atoms with Gasteiger partial charge in [0.05, 0.1) is 11.6 Å². The van der Waals surface area contributed by atoms with E-state index in [4.69, 9.17) is 9.47 Å². The van der Waals surface area contributed by atoms with Gasteiger partial charge in [-0.25, -0.2) is 4.99 Å². The Hall–Kier alpha value is -1.25. The van der Waals surface area contributed by atoms with Gasteiger partial charge in [-0.2, -0.15) is 0 Å². The highest BCUT2D eigenvalue weighted by Gasteiger charge is 2.22. The molecule has 1 aromatic rings. The first kappa shape index (κ1) is 17.1. The van der Waals surface area contributed by atoms with Crippen LogP contribution in [0.5, 0.6) is 11.5 Å². The van der Waals surface area contributed by atoms with Crippen LogP contribution in [0.1, 0.15) is 12.5 Å². The Kier molecular flexibility index (Phi) is 5.71. The molecule has 0 saturated carbocycles. The van der Waals surface area contributed by atoms with Gasteiger partial charge >= 0.3 is 5.97 Å². The smallest absolute Gasteiger partial charge is 0.308 e. The van der Waals surface area contributed by atoms with Gasteiger partial charge in [0.1, 0.15) is 10.1 Å². The molecule has 5 nitrogen and oxygen atoms in total. The lowest BCUT2D eigenvalue weighted by Crippen LogP contribution is -2.04. The lowest BCUT2D eigenvalue weighted by molar-refractivity contribution is -0.132. The third kappa shape index (κ3) is 3.93. The van der Waals surface area contributed by atoms with E-state index in [0.29, 0.717) is 21.7 Å². The van der Waals surface area contributed by atoms with Crippen LogP contribution in [-0.2, 0) is 9.59 Å². The van der Waals surface area contributed by atoms with Crippen molar-refractivity contribution in [3.63, 3.8) is 0 Å². The number of benzene rings is 1. The zero-order chi connectivity index (χ0) is 16.3. The summed E-state index contributed by atoms with van der Waals surface area (Å²) in [5.41, 5.74) is 1.10. The van der Waals surface area contributed by atoms with Crippen molar-refractivity contribution in [3.8, 4) is 11.5 Å². The summed E-state index contributed by atoms with van der Waals surface area (Å²) in [6.07, 6.45) is 3.54. The number of aliphatic imine (C=N–C) groups is 1. The van der Waals surface area contributed by atoms with Crippen LogP contribution in [0.15, 0.2) is 27.3 Å². The maximum atomic E-state index is 11.9. The van der Waals surface area contributed by atoms with Crippen LogP contribution in [-0.4, -0.2) is 28.8 Å². The number of rotatable bonds is 3. The van der Waals surface area contributed by atoms with E-state index in [1.54, 1.807) is 18.2 Å². The van der Waals surface area contributed by atoms with E-state index in [1.165, 1.54) is 25.8 Å². The number of hydrogen-bond acceptors (Lipinski definition) is 7. The molecule has 1 aliphatic rings. The van der Waals surface area contributed by atoms with E-state index < -0.39 is 5.97 Å². The van der Waals surface area contributed by atoms with E-state index >= 15 is 0 Å². The molecule has 0 fully saturated rings. The van der Waals surface area contributed by atoms with Gasteiger partial charge in [0.25, 0.3) is 0 Å². The van der Waals surface area contributed by atoms with Crippen molar-refractivity contribution >= 4 is 61.0 Å². The maximum absolute atomic E-state index is 11.9. The summed E-state index contributed by atoms with van der Waals surface area (Å²) in [4.78, 5) is 27.2. The van der Waals surface area contributed by atoms with Crippen LogP contribution in [0.3, 0.4) is 0 Å². The Labute approximate surface area is 144 Å². The minimum Gasteiger partial charge on any atom is -0.493 e. The number of nitrogens with zero attached hydrogens (tertiary/aromatic N) is 1. The summed E-state index contributed by atoms with van der Waals surface area (Å²) in [5, 5.41) is -0.0940. The summed E-state index contributed by atoms with van der Waals surface area (Å²) in [5.74, 6) is 0.253. The molecular weight excluding hydrogens is 390 g/mol. The van der Waals surface area contributed by atoms with E-state index in [1.807, 2.05) is 6.26 Å². The van der Waals surface area contributed by atoms with Crippen molar-refractivity contribution in [1.29, 1.82) is 0 Å². The van der Waals surface area contributed by atoms with Crippen molar-refractivity contribution in [3.05, 3.63) is 27.9 Å². The number of hydrogen-bond donors (Lipinski definition) is 0. The summed E-state index contributed by atoms with van der Waals surface area (Å²) >= 11 is 5.88. The molecule has 0 N–H and O–H groups in total. The van der Waals surface area contributed by atoms with E-state index in [9.17, 15) is 9.59 Å². The number of thioether (sulfide) groups is 2. The second kappa shape index (κ2) is 7.34. The second-order valence-corrected chi connectivity index (χ2v) is 7.00. The highest BCUT2D eigenvalue weighted by atomic mass is 79.9.